The Bertz CT molecular complexity index is 2820. The molecule has 0 atom stereocenters. The van der Waals surface area contributed by atoms with Crippen molar-refractivity contribution in [1.29, 1.82) is 0 Å². The number of carbonyl (C=O) groups excluding carboxylic acids is 6. The fourth-order valence-electron chi connectivity index (χ4n) is 9.53. The molecule has 1 saturated carbocycles. The second-order valence-corrected chi connectivity index (χ2v) is 18.4. The summed E-state index contributed by atoms with van der Waals surface area (Å²) in [6, 6.07) is 27.0. The quantitative estimate of drug-likeness (QED) is 0.148. The molecule has 346 valence electrons. The van der Waals surface area contributed by atoms with Crippen molar-refractivity contribution < 1.29 is 28.8 Å². The largest absolute Gasteiger partial charge is 0.322 e. The van der Waals surface area contributed by atoms with E-state index in [2.05, 4.69) is 30.9 Å². The summed E-state index contributed by atoms with van der Waals surface area (Å²) in [7, 11) is 5.33. The van der Waals surface area contributed by atoms with Gasteiger partial charge in [-0.05, 0) is 130 Å². The number of nitrogens with one attached hydrogen (secondary N) is 3. The van der Waals surface area contributed by atoms with E-state index in [-0.39, 0.29) is 40.9 Å². The number of amides is 6. The maximum atomic E-state index is 12.8. The Hall–Kier alpha value is -8.07. The summed E-state index contributed by atoms with van der Waals surface area (Å²) in [6.45, 7) is 7.64. The number of pyridine rings is 3. The van der Waals surface area contributed by atoms with E-state index < -0.39 is 10.8 Å². The van der Waals surface area contributed by atoms with Crippen molar-refractivity contribution in [1.82, 2.24) is 15.0 Å². The molecule has 6 amide bonds. The van der Waals surface area contributed by atoms with Gasteiger partial charge in [0.2, 0.25) is 17.7 Å². The smallest absolute Gasteiger partial charge is 0.257 e. The number of hydrogen-bond acceptors (Lipinski definition) is 9. The Morgan fingerprint density at radius 2 is 0.853 bits per heavy atom. The van der Waals surface area contributed by atoms with Crippen LogP contribution in [0.3, 0.4) is 0 Å². The lowest BCUT2D eigenvalue weighted by Gasteiger charge is -2.21. The van der Waals surface area contributed by atoms with Crippen LogP contribution in [0.4, 0.5) is 34.1 Å². The van der Waals surface area contributed by atoms with Gasteiger partial charge in [0, 0.05) is 104 Å². The first-order chi connectivity index (χ1) is 32.4. The lowest BCUT2D eigenvalue weighted by atomic mass is 9.80. The van der Waals surface area contributed by atoms with Crippen LogP contribution in [0.15, 0.2) is 128 Å². The van der Waals surface area contributed by atoms with Crippen LogP contribution in [-0.4, -0.2) is 71.5 Å². The Labute approximate surface area is 395 Å². The molecule has 3 aliphatic heterocycles. The highest BCUT2D eigenvalue weighted by Gasteiger charge is 2.51. The van der Waals surface area contributed by atoms with Gasteiger partial charge in [-0.1, -0.05) is 31.0 Å². The number of carbonyl (C=O) groups is 6. The SMILES string of the molecule is CN1C(=O)C(C)(C)c2ccc(NC(=O)c3cccnc3)cc21.CN1C(=O)C(C)(C)c2ccc(NC(=O)c3ccncc3)cc21.CN1C(=O)C2(CCCC2)c2ccc(NC(=O)c3ccncc3)cc21. The zero-order chi connectivity index (χ0) is 48.5. The Morgan fingerprint density at radius 3 is 1.26 bits per heavy atom. The number of rotatable bonds is 6. The Kier molecular flexibility index (Phi) is 12.5. The fraction of sp³-hybridized carbons (Fsp3) is 0.264. The van der Waals surface area contributed by atoms with Crippen LogP contribution in [0.5, 0.6) is 0 Å². The molecule has 10 rings (SSSR count). The standard InChI is InChI=1S/C19H19N3O2.2C17H17N3O2/c1-22-16-12-14(21-17(23)13-6-10-20-11-7-13)4-5-15(16)19(18(22)24)8-2-3-9-19;1-17(2)13-5-4-12(10-14(13)20(3)16(17)22)19-15(21)11-6-8-18-9-7-11;1-17(2)13-7-6-12(9-14(13)20(3)16(17)22)19-15(21)11-5-4-8-18-10-11/h4-7,10-12H,2-3,8-9H2,1H3,(H,21,23);2*4-10H,1-3H3,(H,19,21). The molecule has 0 unspecified atom stereocenters. The summed E-state index contributed by atoms with van der Waals surface area (Å²) in [6.07, 6.45) is 13.5. The van der Waals surface area contributed by atoms with Crippen molar-refractivity contribution >= 4 is 69.6 Å². The molecule has 3 aromatic carbocycles. The molecule has 68 heavy (non-hydrogen) atoms. The lowest BCUT2D eigenvalue weighted by Crippen LogP contribution is -2.36. The van der Waals surface area contributed by atoms with E-state index in [0.29, 0.717) is 33.8 Å². The molecule has 0 bridgehead atoms. The Morgan fingerprint density at radius 1 is 0.471 bits per heavy atom. The number of benzene rings is 3. The highest BCUT2D eigenvalue weighted by molar-refractivity contribution is 6.12. The van der Waals surface area contributed by atoms with Gasteiger partial charge in [0.1, 0.15) is 0 Å². The van der Waals surface area contributed by atoms with Crippen LogP contribution in [0.2, 0.25) is 0 Å². The van der Waals surface area contributed by atoms with Crippen LogP contribution < -0.4 is 30.7 Å². The minimum absolute atomic E-state index is 0.0539. The third-order valence-electron chi connectivity index (χ3n) is 13.4. The first kappa shape index (κ1) is 46.5. The second-order valence-electron chi connectivity index (χ2n) is 18.4. The number of anilines is 6. The number of likely N-dealkylation sites (N-methyl/N-ethyl adjacent to an activating group) is 3. The van der Waals surface area contributed by atoms with Gasteiger partial charge >= 0.3 is 0 Å². The zero-order valence-corrected chi connectivity index (χ0v) is 39.1. The monoisotopic (exact) mass is 911 g/mol. The van der Waals surface area contributed by atoms with Crippen LogP contribution in [0.1, 0.15) is 101 Å². The summed E-state index contributed by atoms with van der Waals surface area (Å²) in [5.74, 6) is -0.307. The molecule has 15 heteroatoms. The van der Waals surface area contributed by atoms with E-state index in [1.807, 2.05) is 89.3 Å². The van der Waals surface area contributed by atoms with Crippen LogP contribution in [0.25, 0.3) is 0 Å². The van der Waals surface area contributed by atoms with Gasteiger partial charge in [-0.15, -0.1) is 0 Å². The van der Waals surface area contributed by atoms with Gasteiger partial charge < -0.3 is 30.7 Å². The predicted molar refractivity (Wildman–Crippen MR) is 262 cm³/mol. The van der Waals surface area contributed by atoms with E-state index >= 15 is 0 Å². The second kappa shape index (κ2) is 18.3. The van der Waals surface area contributed by atoms with Crippen molar-refractivity contribution in [3.8, 4) is 0 Å². The topological polar surface area (TPSA) is 187 Å². The van der Waals surface area contributed by atoms with Crippen molar-refractivity contribution in [3.63, 3.8) is 0 Å². The highest BCUT2D eigenvalue weighted by Crippen LogP contribution is 2.51. The number of fused-ring (bicyclic) bond motifs is 4. The van der Waals surface area contributed by atoms with Crippen molar-refractivity contribution in [2.75, 3.05) is 51.8 Å². The van der Waals surface area contributed by atoms with Crippen molar-refractivity contribution in [2.24, 2.45) is 0 Å². The van der Waals surface area contributed by atoms with Gasteiger partial charge in [-0.25, -0.2) is 0 Å². The number of aromatic nitrogens is 3. The average Bonchev–Trinajstić information content (AvgIpc) is 4.02. The summed E-state index contributed by atoms with van der Waals surface area (Å²) < 4.78 is 0. The van der Waals surface area contributed by atoms with Crippen LogP contribution in [0, 0.1) is 0 Å². The fourth-order valence-corrected chi connectivity index (χ4v) is 9.53. The van der Waals surface area contributed by atoms with Crippen molar-refractivity contribution in [2.45, 2.75) is 69.6 Å². The van der Waals surface area contributed by atoms with Gasteiger partial charge in [0.25, 0.3) is 17.7 Å². The van der Waals surface area contributed by atoms with Crippen molar-refractivity contribution in [3.05, 3.63) is 162 Å². The van der Waals surface area contributed by atoms with E-state index in [0.717, 1.165) is 59.4 Å². The van der Waals surface area contributed by atoms with E-state index in [4.69, 9.17) is 0 Å². The third-order valence-corrected chi connectivity index (χ3v) is 13.4. The molecule has 1 fully saturated rings. The molecule has 1 aliphatic carbocycles. The van der Waals surface area contributed by atoms with Crippen LogP contribution in [-0.2, 0) is 30.6 Å². The van der Waals surface area contributed by atoms with Crippen LogP contribution >= 0.6 is 0 Å². The number of nitrogens with zero attached hydrogens (tertiary/aromatic N) is 6. The highest BCUT2D eigenvalue weighted by atomic mass is 16.2. The normalized spacial score (nSPS) is 16.5. The summed E-state index contributed by atoms with van der Waals surface area (Å²) in [5, 5.41) is 8.58. The van der Waals surface area contributed by atoms with Gasteiger partial charge in [-0.3, -0.25) is 43.7 Å². The zero-order valence-electron chi connectivity index (χ0n) is 39.1. The maximum Gasteiger partial charge on any atom is 0.257 e. The van der Waals surface area contributed by atoms with Gasteiger partial charge in [0.05, 0.1) is 21.8 Å². The van der Waals surface area contributed by atoms with E-state index in [1.54, 1.807) is 96.2 Å². The molecule has 1 spiro atoms. The molecule has 3 aromatic heterocycles. The lowest BCUT2D eigenvalue weighted by molar-refractivity contribution is -0.123. The minimum atomic E-state index is -0.532. The predicted octanol–water partition coefficient (Wildman–Crippen LogP) is 8.30. The average molecular weight is 912 g/mol. The molecule has 15 nitrogen and oxygen atoms in total. The summed E-state index contributed by atoms with van der Waals surface area (Å²) in [5.41, 5.74) is 7.85. The first-order valence-corrected chi connectivity index (χ1v) is 22.4. The summed E-state index contributed by atoms with van der Waals surface area (Å²) >= 11 is 0. The van der Waals surface area contributed by atoms with Gasteiger partial charge in [-0.2, -0.15) is 0 Å². The molecule has 0 radical (unpaired) electrons. The third kappa shape index (κ3) is 8.58. The number of hydrogen-bond donors (Lipinski definition) is 3. The molecule has 3 N–H and O–H groups in total. The molecular formula is C53H53N9O6. The molecule has 6 heterocycles. The van der Waals surface area contributed by atoms with E-state index in [1.165, 1.54) is 6.20 Å². The molecule has 0 saturated heterocycles. The maximum absolute atomic E-state index is 12.8. The molecular weight excluding hydrogens is 859 g/mol. The van der Waals surface area contributed by atoms with E-state index in [9.17, 15) is 28.8 Å². The van der Waals surface area contributed by atoms with Gasteiger partial charge in [0.15, 0.2) is 0 Å². The Balaban J connectivity index is 0.000000138. The molecule has 6 aromatic rings. The summed E-state index contributed by atoms with van der Waals surface area (Å²) in [4.78, 5) is 90.7. The minimum Gasteiger partial charge on any atom is -0.322 e. The first-order valence-electron chi connectivity index (χ1n) is 22.4. The molecule has 4 aliphatic rings.